The zero-order valence-corrected chi connectivity index (χ0v) is 80.6. The lowest BCUT2D eigenvalue weighted by molar-refractivity contribution is 0.107. The molecule has 0 spiro atoms. The van der Waals surface area contributed by atoms with Crippen molar-refractivity contribution in [3.8, 4) is 0 Å². The number of anilines is 9. The number of ether oxygens (including phenoxy) is 8. The average Bonchev–Trinajstić information content (AvgIpc) is 1.16. The van der Waals surface area contributed by atoms with Gasteiger partial charge < -0.3 is 82.6 Å². The molecule has 0 bridgehead atoms. The number of benzene rings is 2. The van der Waals surface area contributed by atoms with Crippen LogP contribution < -0.4 is 50.2 Å². The molecule has 8 aliphatic heterocycles. The number of carbonyl (C=O) groups is 2. The molecule has 10 unspecified atom stereocenters. The SMILES string of the molecule is COC(=O)Nc1nc(Cl)c2cc(N3CCOCC3)ccc2n1.COCCO.COCCOC(=O)Nc1nc(N2CCCCC2c2cc3nc(N4CCC4)cc(N4CCOCC4)n3n2)c2cc(N3CCOCC3)ccc2n1.PP(P)P(P(P)P)P(P(P)P)P(P)P.c1c(N2CCC2)nc2cc(C3CCCCN3)nn2c1N1CCOCC1. The third-order valence-electron chi connectivity index (χ3n) is 20.1. The Morgan fingerprint density at radius 3 is 1.43 bits per heavy atom. The maximum absolute atomic E-state index is 12.7. The number of methoxy groups -OCH3 is 3. The number of nitrogens with zero attached hydrogens (tertiary/aromatic N) is 17. The Morgan fingerprint density at radius 2 is 0.974 bits per heavy atom. The molecule has 8 aliphatic rings. The van der Waals surface area contributed by atoms with Gasteiger partial charge in [0.25, 0.3) is 0 Å². The van der Waals surface area contributed by atoms with Crippen LogP contribution in [0.25, 0.3) is 33.1 Å². The molecule has 8 fully saturated rings. The summed E-state index contributed by atoms with van der Waals surface area (Å²) in [6.45, 7) is 20.4. The third-order valence-corrected chi connectivity index (χ3v) is 99.3. The maximum atomic E-state index is 12.7. The van der Waals surface area contributed by atoms with Gasteiger partial charge in [0.05, 0.1) is 114 Å². The molecule has 14 heterocycles. The minimum atomic E-state index is -0.639. The molecular formula is C69H109ClN20O11P14. The van der Waals surface area contributed by atoms with E-state index in [1.807, 2.05) is 33.3 Å². The molecule has 628 valence electrons. The highest BCUT2D eigenvalue weighted by molar-refractivity contribution is 9.27. The fourth-order valence-corrected chi connectivity index (χ4v) is 161. The lowest BCUT2D eigenvalue weighted by atomic mass is 9.98. The highest BCUT2D eigenvalue weighted by Crippen LogP contribution is 3.21. The first-order valence-corrected chi connectivity index (χ1v) is 63.4. The van der Waals surface area contributed by atoms with Crippen LogP contribution in [0.3, 0.4) is 0 Å². The molecule has 115 heavy (non-hydrogen) atoms. The lowest BCUT2D eigenvalue weighted by Crippen LogP contribution is -2.40. The van der Waals surface area contributed by atoms with Crippen molar-refractivity contribution in [2.24, 2.45) is 0 Å². The van der Waals surface area contributed by atoms with Crippen LogP contribution in [0, 0.1) is 0 Å². The predicted octanol–water partition coefficient (Wildman–Crippen LogP) is 14.8. The Bertz CT molecular complexity index is 4420. The van der Waals surface area contributed by atoms with E-state index in [1.54, 1.807) is 14.2 Å². The number of hydrogen-bond donors (Lipinski definition) is 4. The van der Waals surface area contributed by atoms with Gasteiger partial charge in [-0.25, -0.2) is 34.5 Å². The van der Waals surface area contributed by atoms with E-state index in [0.717, 1.165) is 210 Å². The monoisotopic (exact) mass is 1860 g/mol. The number of amides is 2. The Balaban J connectivity index is 0.000000154. The molecule has 8 aromatic rings. The fourth-order valence-electron chi connectivity index (χ4n) is 14.0. The number of fused-ring (bicyclic) bond motifs is 4. The maximum Gasteiger partial charge on any atom is 0.414 e. The van der Waals surface area contributed by atoms with E-state index in [-0.39, 0.29) is 78.2 Å². The molecule has 31 nitrogen and oxygen atoms in total. The Kier molecular flexibility index (Phi) is 36.9. The van der Waals surface area contributed by atoms with Crippen LogP contribution in [0.1, 0.15) is 74.8 Å². The number of morpholine rings is 4. The van der Waals surface area contributed by atoms with Crippen LogP contribution in [0.5, 0.6) is 0 Å². The Morgan fingerprint density at radius 1 is 0.504 bits per heavy atom. The van der Waals surface area contributed by atoms with Crippen LogP contribution in [0.4, 0.5) is 61.9 Å². The van der Waals surface area contributed by atoms with Crippen LogP contribution in [0.2, 0.25) is 5.15 Å². The summed E-state index contributed by atoms with van der Waals surface area (Å²) in [5.74, 6) is 5.35. The second-order valence-corrected chi connectivity index (χ2v) is 81.5. The van der Waals surface area contributed by atoms with Crippen LogP contribution >= 0.6 is 125 Å². The van der Waals surface area contributed by atoms with Gasteiger partial charge in [-0.1, -0.05) is 18.0 Å². The summed E-state index contributed by atoms with van der Waals surface area (Å²) in [5.41, 5.74) is 7.43. The zero-order valence-electron chi connectivity index (χ0n) is 65.3. The first-order valence-electron chi connectivity index (χ1n) is 38.5. The lowest BCUT2D eigenvalue weighted by Gasteiger charge is -2.37. The minimum absolute atomic E-state index is 0.0490. The predicted molar refractivity (Wildman–Crippen MR) is 505 cm³/mol. The van der Waals surface area contributed by atoms with Gasteiger partial charge in [0.2, 0.25) is 11.9 Å². The molecule has 46 heteroatoms. The number of piperidine rings is 2. The molecule has 16 rings (SSSR count). The quantitative estimate of drug-likeness (QED) is 0.0295. The number of carbonyl (C=O) groups excluding carboxylic acids is 2. The molecule has 0 aliphatic carbocycles. The highest BCUT2D eigenvalue weighted by atomic mass is 35.5. The van der Waals surface area contributed by atoms with Crippen molar-refractivity contribution >= 4 is 223 Å². The van der Waals surface area contributed by atoms with Gasteiger partial charge in [0.1, 0.15) is 40.8 Å². The van der Waals surface area contributed by atoms with E-state index in [0.29, 0.717) is 64.4 Å². The molecule has 10 atom stereocenters. The van der Waals surface area contributed by atoms with Gasteiger partial charge in [0, 0.05) is 146 Å². The van der Waals surface area contributed by atoms with Gasteiger partial charge >= 0.3 is 12.2 Å². The van der Waals surface area contributed by atoms with E-state index in [9.17, 15) is 9.59 Å². The van der Waals surface area contributed by atoms with Crippen molar-refractivity contribution in [3.05, 3.63) is 77.2 Å². The highest BCUT2D eigenvalue weighted by Gasteiger charge is 2.35. The van der Waals surface area contributed by atoms with E-state index in [2.05, 4.69) is 178 Å². The summed E-state index contributed by atoms with van der Waals surface area (Å²) in [7, 11) is 28.8. The summed E-state index contributed by atoms with van der Waals surface area (Å²) in [6.07, 6.45) is 7.87. The number of rotatable bonds is 21. The second-order valence-electron chi connectivity index (χ2n) is 27.7. The van der Waals surface area contributed by atoms with Crippen molar-refractivity contribution < 1.29 is 52.6 Å². The number of nitrogens with one attached hydrogen (secondary N) is 3. The van der Waals surface area contributed by atoms with Crippen molar-refractivity contribution in [1.82, 2.24) is 54.4 Å². The van der Waals surface area contributed by atoms with E-state index < -0.39 is 12.2 Å². The largest absolute Gasteiger partial charge is 0.453 e. The normalized spacial score (nSPS) is 18.8. The summed E-state index contributed by atoms with van der Waals surface area (Å²) in [6, 6.07) is 21.1. The van der Waals surface area contributed by atoms with Crippen molar-refractivity contribution in [1.29, 1.82) is 0 Å². The molecule has 4 N–H and O–H groups in total. The molecule has 8 saturated heterocycles. The number of aliphatic hydroxyl groups is 1. The average molecular weight is 1860 g/mol. The minimum Gasteiger partial charge on any atom is -0.453 e. The van der Waals surface area contributed by atoms with E-state index in [4.69, 9.17) is 75.3 Å². The van der Waals surface area contributed by atoms with Crippen molar-refractivity contribution in [2.45, 2.75) is 63.5 Å². The van der Waals surface area contributed by atoms with Gasteiger partial charge in [-0.05, 0) is 130 Å². The number of aromatic nitrogens is 10. The van der Waals surface area contributed by atoms with Gasteiger partial charge in [-0.2, -0.15) is 24.2 Å². The summed E-state index contributed by atoms with van der Waals surface area (Å²) in [4.78, 5) is 68.3. The number of hydrogen-bond acceptors (Lipinski definition) is 27. The van der Waals surface area contributed by atoms with E-state index >= 15 is 0 Å². The van der Waals surface area contributed by atoms with Gasteiger partial charge in [-0.15, -0.1) is 71.4 Å². The van der Waals surface area contributed by atoms with Crippen molar-refractivity contribution in [3.63, 3.8) is 0 Å². The molecule has 0 radical (unpaired) electrons. The second kappa shape index (κ2) is 46.3. The van der Waals surface area contributed by atoms with Crippen molar-refractivity contribution in [2.75, 3.05) is 237 Å². The number of aliphatic hydroxyl groups excluding tert-OH is 1. The summed E-state index contributed by atoms with van der Waals surface area (Å²) < 4.78 is 45.5. The van der Waals surface area contributed by atoms with Gasteiger partial charge in [0.15, 0.2) is 11.3 Å². The first-order chi connectivity index (χ1) is 55.9. The third kappa shape index (κ3) is 24.9. The first kappa shape index (κ1) is 91.7. The zero-order chi connectivity index (χ0) is 80.9. The van der Waals surface area contributed by atoms with Crippen LogP contribution in [0.15, 0.2) is 60.7 Å². The Labute approximate surface area is 702 Å². The van der Waals surface area contributed by atoms with E-state index in [1.165, 1.54) is 32.8 Å². The standard InChI is InChI=1S/C34H44N10O5.C18H26N6O.C14H15ClN4O3.C3H8O2.H16P14/c1-46-19-20-49-34(45)38-33-35-26-7-6-24(40-11-15-47-16-12-40)21-25(26)32(37-33)43-10-3-2-5-28(43)27-22-30-36-29(41-8-4-9-41)23-31(44(30)39-27)42-13-17-48-18-14-42;1-2-5-19-14(4-1)15-12-17-20-16(22-6-3-7-22)13-18(24(17)21-15)23-8-10-25-11-9-23;1-21-14(20)18-13-16-11-3-2-9(8-10(11)12(15)17-13)19-4-6-22-7-5-19;1-5-3-2-4;1-9(2)13(10(3)4)14(11(5)6)12(7)8/h6-7,21-23,28H,2-5,8-20H2,1H3,(H,35,37,38,45);12-14,19H,1-11H2;2-3,8H,4-7H2,1H3,(H,16,17,18,20);4H,2-3H2,1H3;1-8H2. The van der Waals surface area contributed by atoms with Crippen LogP contribution in [-0.4, -0.2) is 259 Å². The molecular weight excluding hydrogens is 1750 g/mol. The molecule has 2 aromatic carbocycles. The smallest absolute Gasteiger partial charge is 0.414 e. The topological polar surface area (TPSA) is 299 Å². The summed E-state index contributed by atoms with van der Waals surface area (Å²) >= 11 is 6.21. The van der Waals surface area contributed by atoms with Crippen LogP contribution in [-0.2, 0) is 37.9 Å². The van der Waals surface area contributed by atoms with Gasteiger partial charge in [-0.3, -0.25) is 10.6 Å². The molecule has 0 saturated carbocycles. The fraction of sp³-hybridized carbons (Fsp3) is 0.565. The Hall–Kier alpha value is -2.51. The molecule has 6 aromatic heterocycles. The molecule has 2 amide bonds. The summed E-state index contributed by atoms with van der Waals surface area (Å²) in [5, 5.41) is 28.9. The number of halogens is 1.